The van der Waals surface area contributed by atoms with Gasteiger partial charge in [0, 0.05) is 13.2 Å². The predicted molar refractivity (Wildman–Crippen MR) is 72.2 cm³/mol. The molecule has 1 unspecified atom stereocenters. The van der Waals surface area contributed by atoms with Gasteiger partial charge in [-0.05, 0) is 43.2 Å². The molecule has 2 rings (SSSR count). The number of aryl methyl sites for hydroxylation is 1. The number of rotatable bonds is 5. The van der Waals surface area contributed by atoms with E-state index in [9.17, 15) is 5.26 Å². The van der Waals surface area contributed by atoms with Crippen molar-refractivity contribution < 1.29 is 4.74 Å². The van der Waals surface area contributed by atoms with Crippen molar-refractivity contribution in [2.75, 3.05) is 13.2 Å². The van der Waals surface area contributed by atoms with Gasteiger partial charge >= 0.3 is 0 Å². The van der Waals surface area contributed by atoms with Gasteiger partial charge in [0.15, 0.2) is 0 Å². The average Bonchev–Trinajstić information content (AvgIpc) is 2.43. The third-order valence-electron chi connectivity index (χ3n) is 3.83. The van der Waals surface area contributed by atoms with E-state index in [1.54, 1.807) is 0 Å². The largest absolute Gasteiger partial charge is 0.381 e. The third-order valence-corrected chi connectivity index (χ3v) is 3.83. The quantitative estimate of drug-likeness (QED) is 0.741. The molecule has 0 saturated carbocycles. The monoisotopic (exact) mass is 243 g/mol. The van der Waals surface area contributed by atoms with E-state index in [0.717, 1.165) is 38.7 Å². The van der Waals surface area contributed by atoms with Gasteiger partial charge in [-0.2, -0.15) is 5.26 Å². The molecule has 1 aromatic rings. The van der Waals surface area contributed by atoms with Crippen LogP contribution in [-0.4, -0.2) is 13.2 Å². The molecule has 0 bridgehead atoms. The second-order valence-corrected chi connectivity index (χ2v) is 5.20. The molecule has 0 amide bonds. The van der Waals surface area contributed by atoms with Gasteiger partial charge in [0.2, 0.25) is 0 Å². The Morgan fingerprint density at radius 1 is 1.28 bits per heavy atom. The molecule has 0 spiro atoms. The fourth-order valence-corrected chi connectivity index (χ4v) is 2.68. The Bertz CT molecular complexity index is 435. The molecule has 1 aromatic carbocycles. The van der Waals surface area contributed by atoms with Crippen LogP contribution in [-0.2, 0) is 17.6 Å². The molecule has 1 aliphatic carbocycles. The van der Waals surface area contributed by atoms with Crippen LogP contribution in [0.2, 0.25) is 0 Å². The smallest absolute Gasteiger partial charge is 0.0694 e. The Balaban J connectivity index is 2.01. The summed E-state index contributed by atoms with van der Waals surface area (Å²) in [5.74, 6) is 0. The van der Waals surface area contributed by atoms with Crippen LogP contribution < -0.4 is 0 Å². The molecule has 96 valence electrons. The van der Waals surface area contributed by atoms with E-state index in [1.165, 1.54) is 11.1 Å². The molecule has 2 heteroatoms. The van der Waals surface area contributed by atoms with Gasteiger partial charge < -0.3 is 4.74 Å². The van der Waals surface area contributed by atoms with E-state index in [1.807, 2.05) is 0 Å². The van der Waals surface area contributed by atoms with Crippen LogP contribution >= 0.6 is 0 Å². The lowest BCUT2D eigenvalue weighted by molar-refractivity contribution is 0.105. The van der Waals surface area contributed by atoms with Crippen LogP contribution in [0.5, 0.6) is 0 Å². The van der Waals surface area contributed by atoms with Gasteiger partial charge in [0.1, 0.15) is 0 Å². The number of benzene rings is 1. The fraction of sp³-hybridized carbons (Fsp3) is 0.562. The molecule has 1 atom stereocenters. The molecule has 0 N–H and O–H groups in total. The number of ether oxygens (including phenoxy) is 1. The highest BCUT2D eigenvalue weighted by Crippen LogP contribution is 2.37. The van der Waals surface area contributed by atoms with Crippen LogP contribution in [0.25, 0.3) is 0 Å². The van der Waals surface area contributed by atoms with Crippen molar-refractivity contribution in [1.82, 2.24) is 0 Å². The van der Waals surface area contributed by atoms with Gasteiger partial charge in [-0.25, -0.2) is 0 Å². The molecule has 0 fully saturated rings. The Kier molecular flexibility index (Phi) is 4.38. The van der Waals surface area contributed by atoms with Crippen LogP contribution in [0.15, 0.2) is 24.3 Å². The van der Waals surface area contributed by atoms with Gasteiger partial charge in [-0.15, -0.1) is 0 Å². The van der Waals surface area contributed by atoms with Crippen LogP contribution in [0, 0.1) is 16.7 Å². The zero-order valence-electron chi connectivity index (χ0n) is 11.1. The zero-order chi connectivity index (χ0) is 12.8. The summed E-state index contributed by atoms with van der Waals surface area (Å²) in [4.78, 5) is 0. The van der Waals surface area contributed by atoms with E-state index in [4.69, 9.17) is 4.74 Å². The fourth-order valence-electron chi connectivity index (χ4n) is 2.68. The maximum atomic E-state index is 9.52. The summed E-state index contributed by atoms with van der Waals surface area (Å²) in [6.07, 6.45) is 4.78. The Morgan fingerprint density at radius 2 is 2.06 bits per heavy atom. The van der Waals surface area contributed by atoms with E-state index in [-0.39, 0.29) is 5.41 Å². The first-order valence-corrected chi connectivity index (χ1v) is 6.85. The summed E-state index contributed by atoms with van der Waals surface area (Å²) >= 11 is 0. The lowest BCUT2D eigenvalue weighted by Crippen LogP contribution is -2.29. The van der Waals surface area contributed by atoms with Crippen molar-refractivity contribution >= 4 is 0 Å². The predicted octanol–water partition coefficient (Wildman–Crippen LogP) is 3.50. The first-order valence-electron chi connectivity index (χ1n) is 6.85. The Hall–Kier alpha value is -1.33. The second-order valence-electron chi connectivity index (χ2n) is 5.20. The summed E-state index contributed by atoms with van der Waals surface area (Å²) in [7, 11) is 0. The van der Waals surface area contributed by atoms with E-state index < -0.39 is 0 Å². The summed E-state index contributed by atoms with van der Waals surface area (Å²) in [6.45, 7) is 3.62. The van der Waals surface area contributed by atoms with Crippen molar-refractivity contribution in [3.8, 4) is 6.07 Å². The zero-order valence-corrected chi connectivity index (χ0v) is 11.1. The van der Waals surface area contributed by atoms with Gasteiger partial charge in [0.25, 0.3) is 0 Å². The Morgan fingerprint density at radius 3 is 2.78 bits per heavy atom. The summed E-state index contributed by atoms with van der Waals surface area (Å²) in [5.41, 5.74) is 2.56. The van der Waals surface area contributed by atoms with E-state index in [0.29, 0.717) is 6.61 Å². The van der Waals surface area contributed by atoms with Gasteiger partial charge in [-0.1, -0.05) is 31.2 Å². The molecular weight excluding hydrogens is 222 g/mol. The number of nitriles is 1. The van der Waals surface area contributed by atoms with E-state index >= 15 is 0 Å². The van der Waals surface area contributed by atoms with Crippen molar-refractivity contribution in [2.24, 2.45) is 5.41 Å². The van der Waals surface area contributed by atoms with Crippen molar-refractivity contribution in [3.05, 3.63) is 35.4 Å². The minimum absolute atomic E-state index is 0.206. The highest BCUT2D eigenvalue weighted by molar-refractivity contribution is 5.32. The summed E-state index contributed by atoms with van der Waals surface area (Å²) in [5, 5.41) is 9.52. The van der Waals surface area contributed by atoms with Gasteiger partial charge in [-0.3, -0.25) is 0 Å². The molecule has 0 aromatic heterocycles. The number of hydrogen-bond acceptors (Lipinski definition) is 2. The average molecular weight is 243 g/mol. The molecule has 0 saturated heterocycles. The second kappa shape index (κ2) is 6.02. The third kappa shape index (κ3) is 2.91. The molecule has 2 nitrogen and oxygen atoms in total. The lowest BCUT2D eigenvalue weighted by atomic mass is 9.71. The topological polar surface area (TPSA) is 33.0 Å². The highest BCUT2D eigenvalue weighted by Gasteiger charge is 2.34. The minimum Gasteiger partial charge on any atom is -0.381 e. The van der Waals surface area contributed by atoms with Crippen LogP contribution in [0.4, 0.5) is 0 Å². The summed E-state index contributed by atoms with van der Waals surface area (Å²) < 4.78 is 5.55. The van der Waals surface area contributed by atoms with Crippen LogP contribution in [0.3, 0.4) is 0 Å². The van der Waals surface area contributed by atoms with Gasteiger partial charge in [0.05, 0.1) is 11.5 Å². The standard InChI is InChI=1S/C16H21NO/c1-2-10-18-11-9-16(13-17)8-7-14-5-3-4-6-15(14)12-16/h3-6H,2,7-12H2,1H3. The molecule has 0 radical (unpaired) electrons. The number of nitrogens with zero attached hydrogens (tertiary/aromatic N) is 1. The van der Waals surface area contributed by atoms with Crippen LogP contribution in [0.1, 0.15) is 37.3 Å². The normalized spacial score (nSPS) is 22.2. The summed E-state index contributed by atoms with van der Waals surface area (Å²) in [6, 6.07) is 11.1. The first kappa shape index (κ1) is 13.1. The van der Waals surface area contributed by atoms with Crippen molar-refractivity contribution in [3.63, 3.8) is 0 Å². The lowest BCUT2D eigenvalue weighted by Gasteiger charge is -2.32. The first-order chi connectivity index (χ1) is 8.79. The highest BCUT2D eigenvalue weighted by atomic mass is 16.5. The molecule has 1 aliphatic rings. The van der Waals surface area contributed by atoms with Crippen molar-refractivity contribution in [2.45, 2.75) is 39.0 Å². The number of fused-ring (bicyclic) bond motifs is 1. The molecule has 0 heterocycles. The molecule has 0 aliphatic heterocycles. The maximum absolute atomic E-state index is 9.52. The molecular formula is C16H21NO. The van der Waals surface area contributed by atoms with E-state index in [2.05, 4.69) is 37.3 Å². The number of hydrogen-bond donors (Lipinski definition) is 0. The van der Waals surface area contributed by atoms with Crippen molar-refractivity contribution in [1.29, 1.82) is 5.26 Å². The SMILES string of the molecule is CCCOCCC1(C#N)CCc2ccccc2C1. The molecule has 18 heavy (non-hydrogen) atoms. The Labute approximate surface area is 110 Å². The minimum atomic E-state index is -0.206. The maximum Gasteiger partial charge on any atom is 0.0694 e.